The van der Waals surface area contributed by atoms with Gasteiger partial charge in [-0.25, -0.2) is 4.98 Å². The molecule has 3 unspecified atom stereocenters. The lowest BCUT2D eigenvalue weighted by Crippen LogP contribution is -2.44. The Morgan fingerprint density at radius 2 is 2.03 bits per heavy atom. The lowest BCUT2D eigenvalue weighted by Gasteiger charge is -2.50. The molecule has 1 heterocycles. The van der Waals surface area contributed by atoms with Gasteiger partial charge >= 0.3 is 0 Å². The summed E-state index contributed by atoms with van der Waals surface area (Å²) in [6.07, 6.45) is 7.76. The van der Waals surface area contributed by atoms with Gasteiger partial charge in [0.05, 0.1) is 0 Å². The third-order valence-corrected chi connectivity index (χ3v) is 10.2. The topological polar surface area (TPSA) is 68.3 Å². The van der Waals surface area contributed by atoms with Crippen molar-refractivity contribution in [2.75, 3.05) is 5.32 Å². The van der Waals surface area contributed by atoms with E-state index in [1.54, 1.807) is 6.20 Å². The summed E-state index contributed by atoms with van der Waals surface area (Å²) in [7, 11) is 0. The van der Waals surface area contributed by atoms with Crippen molar-refractivity contribution >= 4 is 28.2 Å². The van der Waals surface area contributed by atoms with Crippen molar-refractivity contribution in [1.29, 1.82) is 0 Å². The van der Waals surface area contributed by atoms with Gasteiger partial charge in [-0.05, 0) is 91.5 Å². The number of hydrogen-bond donors (Lipinski definition) is 1. The summed E-state index contributed by atoms with van der Waals surface area (Å²) in [6.45, 7) is 4.77. The molecule has 0 spiro atoms. The molecule has 1 aromatic heterocycles. The number of carbonyl (C=O) groups excluding carboxylic acids is 2. The number of nitrogens with one attached hydrogen (secondary N) is 1. The molecule has 6 rings (SSSR count). The van der Waals surface area contributed by atoms with Crippen molar-refractivity contribution in [3.05, 3.63) is 76.3 Å². The molecule has 2 fully saturated rings. The number of nitrogens with zero attached hydrogens (tertiary/aromatic N) is 1. The summed E-state index contributed by atoms with van der Waals surface area (Å²) < 4.78 is 6.12. The number of rotatable bonds is 7. The van der Waals surface area contributed by atoms with Gasteiger partial charge in [0.25, 0.3) is 0 Å². The zero-order valence-corrected chi connectivity index (χ0v) is 23.1. The highest BCUT2D eigenvalue weighted by atomic mass is 32.1. The predicted octanol–water partition coefficient (Wildman–Crippen LogP) is 7.10. The number of aryl methyl sites for hydroxylation is 2. The van der Waals surface area contributed by atoms with E-state index in [-0.39, 0.29) is 17.2 Å². The van der Waals surface area contributed by atoms with Gasteiger partial charge in [-0.1, -0.05) is 43.3 Å². The second-order valence-electron chi connectivity index (χ2n) is 11.7. The lowest BCUT2D eigenvalue weighted by atomic mass is 9.54. The van der Waals surface area contributed by atoms with Crippen LogP contribution in [0.15, 0.2) is 54.7 Å². The quantitative estimate of drug-likeness (QED) is 0.355. The number of thiazole rings is 1. The Labute approximate surface area is 229 Å². The van der Waals surface area contributed by atoms with E-state index in [4.69, 9.17) is 4.74 Å². The molecule has 3 aliphatic carbocycles. The second-order valence-corrected chi connectivity index (χ2v) is 12.9. The molecule has 0 bridgehead atoms. The highest BCUT2D eigenvalue weighted by molar-refractivity contribution is 7.15. The Kier molecular flexibility index (Phi) is 6.85. The van der Waals surface area contributed by atoms with Crippen LogP contribution in [-0.4, -0.2) is 16.7 Å². The third-order valence-electron chi connectivity index (χ3n) is 9.40. The number of carbonyl (C=O) groups is 2. The molecule has 3 aliphatic rings. The van der Waals surface area contributed by atoms with Gasteiger partial charge in [0.1, 0.15) is 18.1 Å². The standard InChI is InChI=1S/C32H36N2O3S/c1-20-18-33-31(38-20)34-29(36)13-9-23-17-28(35)32(2)15-14-26-25-12-10-24(37-19-21-6-4-3-5-7-21)16-22(25)8-11-27(26)30(23)32/h3-7,10,12,16,18,23,26-27,30H,8-9,11,13-15,17,19H2,1-2H3,(H,33,34,36)/t23-,26?,27?,30?,32-/m1/s1. The van der Waals surface area contributed by atoms with Crippen LogP contribution in [0.2, 0.25) is 0 Å². The molecule has 0 aliphatic heterocycles. The molecule has 1 N–H and O–H groups in total. The number of anilines is 1. The van der Waals surface area contributed by atoms with Gasteiger partial charge in [-0.3, -0.25) is 9.59 Å². The van der Waals surface area contributed by atoms with Gasteiger partial charge in [0.2, 0.25) is 5.91 Å². The van der Waals surface area contributed by atoms with Gasteiger partial charge in [-0.2, -0.15) is 0 Å². The minimum atomic E-state index is -0.245. The number of hydrogen-bond acceptors (Lipinski definition) is 5. The van der Waals surface area contributed by atoms with Crippen molar-refractivity contribution in [2.45, 2.75) is 71.3 Å². The molecule has 2 saturated carbocycles. The number of aromatic nitrogens is 1. The maximum absolute atomic E-state index is 13.3. The Morgan fingerprint density at radius 3 is 2.82 bits per heavy atom. The van der Waals surface area contributed by atoms with Crippen molar-refractivity contribution in [1.82, 2.24) is 4.98 Å². The van der Waals surface area contributed by atoms with Crippen LogP contribution in [0.1, 0.15) is 72.9 Å². The monoisotopic (exact) mass is 528 g/mol. The lowest BCUT2D eigenvalue weighted by molar-refractivity contribution is -0.129. The summed E-state index contributed by atoms with van der Waals surface area (Å²) >= 11 is 1.50. The number of amides is 1. The molecule has 38 heavy (non-hydrogen) atoms. The SMILES string of the molecule is Cc1cnc(NC(=O)CC[C@@H]2CC(=O)[C@@]3(C)CCC4c5ccc(OCc6ccccc6)cc5CCC4C23)s1. The number of Topliss-reactive ketones (excluding diaryl/α,β-unsaturated/α-hetero) is 1. The largest absolute Gasteiger partial charge is 0.489 e. The van der Waals surface area contributed by atoms with Gasteiger partial charge < -0.3 is 10.1 Å². The fourth-order valence-electron chi connectivity index (χ4n) is 7.62. The van der Waals surface area contributed by atoms with Crippen molar-refractivity contribution < 1.29 is 14.3 Å². The summed E-state index contributed by atoms with van der Waals surface area (Å²) in [6, 6.07) is 16.9. The van der Waals surface area contributed by atoms with E-state index in [1.807, 2.05) is 25.1 Å². The minimum absolute atomic E-state index is 0.00443. The Morgan fingerprint density at radius 1 is 1.18 bits per heavy atom. The number of benzene rings is 2. The summed E-state index contributed by atoms with van der Waals surface area (Å²) in [5.74, 6) is 2.97. The Bertz CT molecular complexity index is 1340. The molecule has 6 heteroatoms. The van der Waals surface area contributed by atoms with Crippen LogP contribution in [0.3, 0.4) is 0 Å². The molecular formula is C32H36N2O3S. The van der Waals surface area contributed by atoms with Crippen LogP contribution in [0.4, 0.5) is 5.13 Å². The first kappa shape index (κ1) is 25.3. The molecule has 5 atom stereocenters. The Hall–Kier alpha value is -2.99. The van der Waals surface area contributed by atoms with E-state index in [2.05, 4.69) is 47.6 Å². The first-order valence-electron chi connectivity index (χ1n) is 14.0. The fourth-order valence-corrected chi connectivity index (χ4v) is 8.31. The average Bonchev–Trinajstić information content (AvgIpc) is 3.45. The van der Waals surface area contributed by atoms with Crippen LogP contribution in [-0.2, 0) is 22.6 Å². The predicted molar refractivity (Wildman–Crippen MR) is 150 cm³/mol. The number of ketones is 1. The van der Waals surface area contributed by atoms with Gasteiger partial charge in [0, 0.05) is 29.3 Å². The number of fused-ring (bicyclic) bond motifs is 5. The molecule has 198 valence electrons. The van der Waals surface area contributed by atoms with Gasteiger partial charge in [-0.15, -0.1) is 11.3 Å². The molecule has 0 radical (unpaired) electrons. The van der Waals surface area contributed by atoms with E-state index in [1.165, 1.54) is 28.0 Å². The molecule has 2 aromatic carbocycles. The zero-order chi connectivity index (χ0) is 26.3. The molecule has 1 amide bonds. The average molecular weight is 529 g/mol. The molecule has 5 nitrogen and oxygen atoms in total. The third kappa shape index (κ3) is 4.79. The van der Waals surface area contributed by atoms with E-state index in [0.717, 1.165) is 42.7 Å². The maximum Gasteiger partial charge on any atom is 0.226 e. The van der Waals surface area contributed by atoms with E-state index < -0.39 is 0 Å². The molecule has 0 saturated heterocycles. The first-order valence-corrected chi connectivity index (χ1v) is 14.8. The minimum Gasteiger partial charge on any atom is -0.489 e. The summed E-state index contributed by atoms with van der Waals surface area (Å²) in [4.78, 5) is 31.3. The van der Waals surface area contributed by atoms with E-state index in [0.29, 0.717) is 48.1 Å². The Balaban J connectivity index is 1.15. The first-order chi connectivity index (χ1) is 18.4. The number of ether oxygens (including phenoxy) is 1. The van der Waals surface area contributed by atoms with E-state index in [9.17, 15) is 9.59 Å². The van der Waals surface area contributed by atoms with Crippen LogP contribution in [0.25, 0.3) is 0 Å². The molecular weight excluding hydrogens is 492 g/mol. The highest BCUT2D eigenvalue weighted by Gasteiger charge is 2.58. The second kappa shape index (κ2) is 10.3. The van der Waals surface area contributed by atoms with Crippen LogP contribution in [0.5, 0.6) is 5.75 Å². The van der Waals surface area contributed by atoms with Crippen molar-refractivity contribution in [3.8, 4) is 5.75 Å². The maximum atomic E-state index is 13.3. The van der Waals surface area contributed by atoms with Crippen LogP contribution < -0.4 is 10.1 Å². The van der Waals surface area contributed by atoms with Crippen molar-refractivity contribution in [2.24, 2.45) is 23.2 Å². The molecule has 3 aromatic rings. The smallest absolute Gasteiger partial charge is 0.226 e. The van der Waals surface area contributed by atoms with Crippen LogP contribution in [0, 0.1) is 30.1 Å². The summed E-state index contributed by atoms with van der Waals surface area (Å²) in [5.41, 5.74) is 3.78. The zero-order valence-electron chi connectivity index (χ0n) is 22.2. The summed E-state index contributed by atoms with van der Waals surface area (Å²) in [5, 5.41) is 3.61. The van der Waals surface area contributed by atoms with Gasteiger partial charge in [0.15, 0.2) is 5.13 Å². The van der Waals surface area contributed by atoms with Crippen molar-refractivity contribution in [3.63, 3.8) is 0 Å². The normalized spacial score (nSPS) is 27.8. The fraction of sp³-hybridized carbons (Fsp3) is 0.469. The van der Waals surface area contributed by atoms with E-state index >= 15 is 0 Å². The van der Waals surface area contributed by atoms with Crippen LogP contribution >= 0.6 is 11.3 Å². The highest BCUT2D eigenvalue weighted by Crippen LogP contribution is 2.62.